The third-order valence-corrected chi connectivity index (χ3v) is 1.92. The molecule has 0 aromatic heterocycles. The molecule has 4 heteroatoms. The van der Waals surface area contributed by atoms with Gasteiger partial charge in [-0.25, -0.2) is 0 Å². The van der Waals surface area contributed by atoms with Gasteiger partial charge in [-0.3, -0.25) is 0 Å². The lowest BCUT2D eigenvalue weighted by Crippen LogP contribution is -2.20. The van der Waals surface area contributed by atoms with Gasteiger partial charge in [0.2, 0.25) is 0 Å². The standard InChI is InChI=1S/C9H14N2O.ClH/c1-6-3-2-4-7(9(6)12)8(11)5-10;/h2-4,8,12H,5,10-11H2,1H3;1H/t8-;/m0./s1. The van der Waals surface area contributed by atoms with E-state index in [-0.39, 0.29) is 24.2 Å². The van der Waals surface area contributed by atoms with Crippen molar-refractivity contribution >= 4 is 12.4 Å². The molecule has 0 aliphatic heterocycles. The van der Waals surface area contributed by atoms with Crippen molar-refractivity contribution in [2.24, 2.45) is 11.5 Å². The third kappa shape index (κ3) is 2.59. The Bertz CT molecular complexity index is 278. The monoisotopic (exact) mass is 202 g/mol. The number of nitrogens with two attached hydrogens (primary N) is 2. The number of para-hydroxylation sites is 1. The van der Waals surface area contributed by atoms with Crippen LogP contribution in [-0.2, 0) is 0 Å². The highest BCUT2D eigenvalue weighted by molar-refractivity contribution is 5.85. The quantitative estimate of drug-likeness (QED) is 0.672. The van der Waals surface area contributed by atoms with Crippen molar-refractivity contribution in [1.82, 2.24) is 0 Å². The SMILES string of the molecule is Cc1cccc([C@@H](N)CN)c1O.Cl. The molecule has 0 aliphatic carbocycles. The van der Waals surface area contributed by atoms with Crippen LogP contribution in [0.15, 0.2) is 18.2 Å². The molecule has 13 heavy (non-hydrogen) atoms. The van der Waals surface area contributed by atoms with Gasteiger partial charge in [0.15, 0.2) is 0 Å². The van der Waals surface area contributed by atoms with E-state index in [0.29, 0.717) is 6.54 Å². The van der Waals surface area contributed by atoms with Gasteiger partial charge >= 0.3 is 0 Å². The summed E-state index contributed by atoms with van der Waals surface area (Å²) in [7, 11) is 0. The highest BCUT2D eigenvalue weighted by Gasteiger charge is 2.09. The second kappa shape index (κ2) is 5.07. The van der Waals surface area contributed by atoms with Crippen LogP contribution in [0.4, 0.5) is 0 Å². The van der Waals surface area contributed by atoms with Gasteiger partial charge in [0, 0.05) is 18.2 Å². The molecule has 0 fully saturated rings. The Hall–Kier alpha value is -0.770. The first-order chi connectivity index (χ1) is 5.66. The minimum Gasteiger partial charge on any atom is -0.507 e. The molecule has 5 N–H and O–H groups in total. The molecule has 0 spiro atoms. The largest absolute Gasteiger partial charge is 0.507 e. The Morgan fingerprint density at radius 3 is 2.62 bits per heavy atom. The molecule has 3 nitrogen and oxygen atoms in total. The van der Waals surface area contributed by atoms with Crippen molar-refractivity contribution in [3.8, 4) is 5.75 Å². The smallest absolute Gasteiger partial charge is 0.123 e. The van der Waals surface area contributed by atoms with Gasteiger partial charge in [-0.1, -0.05) is 18.2 Å². The van der Waals surface area contributed by atoms with Crippen LogP contribution in [0.1, 0.15) is 17.2 Å². The molecule has 1 aromatic rings. The van der Waals surface area contributed by atoms with Crippen LogP contribution in [0.5, 0.6) is 5.75 Å². The average molecular weight is 203 g/mol. The molecular weight excluding hydrogens is 188 g/mol. The minimum absolute atomic E-state index is 0. The molecule has 1 atom stereocenters. The molecule has 0 saturated carbocycles. The molecule has 0 radical (unpaired) electrons. The van der Waals surface area contributed by atoms with E-state index in [1.807, 2.05) is 19.1 Å². The molecule has 0 heterocycles. The number of aromatic hydroxyl groups is 1. The Morgan fingerprint density at radius 1 is 1.46 bits per heavy atom. The maximum atomic E-state index is 9.56. The van der Waals surface area contributed by atoms with Crippen LogP contribution in [0.3, 0.4) is 0 Å². The van der Waals surface area contributed by atoms with Crippen molar-refractivity contribution in [3.05, 3.63) is 29.3 Å². The Morgan fingerprint density at radius 2 is 2.08 bits per heavy atom. The number of hydrogen-bond acceptors (Lipinski definition) is 3. The first kappa shape index (κ1) is 12.2. The fourth-order valence-corrected chi connectivity index (χ4v) is 1.11. The number of phenolic OH excluding ortho intramolecular Hbond substituents is 1. The zero-order chi connectivity index (χ0) is 9.14. The van der Waals surface area contributed by atoms with Gasteiger partial charge in [-0.2, -0.15) is 0 Å². The van der Waals surface area contributed by atoms with E-state index >= 15 is 0 Å². The highest BCUT2D eigenvalue weighted by atomic mass is 35.5. The first-order valence-electron chi connectivity index (χ1n) is 3.91. The number of halogens is 1. The number of phenols is 1. The van der Waals surface area contributed by atoms with Gasteiger partial charge in [0.25, 0.3) is 0 Å². The summed E-state index contributed by atoms with van der Waals surface area (Å²) in [6, 6.07) is 5.21. The molecule has 74 valence electrons. The van der Waals surface area contributed by atoms with Crippen LogP contribution in [0.2, 0.25) is 0 Å². The Labute approximate surface area is 84.2 Å². The van der Waals surface area contributed by atoms with E-state index in [4.69, 9.17) is 11.5 Å². The van der Waals surface area contributed by atoms with Crippen LogP contribution in [0.25, 0.3) is 0 Å². The second-order valence-electron chi connectivity index (χ2n) is 2.85. The summed E-state index contributed by atoms with van der Waals surface area (Å²) < 4.78 is 0. The van der Waals surface area contributed by atoms with Crippen molar-refractivity contribution in [2.45, 2.75) is 13.0 Å². The van der Waals surface area contributed by atoms with Gasteiger partial charge < -0.3 is 16.6 Å². The molecule has 0 amide bonds. The van der Waals surface area contributed by atoms with Crippen molar-refractivity contribution < 1.29 is 5.11 Å². The third-order valence-electron chi connectivity index (χ3n) is 1.92. The summed E-state index contributed by atoms with van der Waals surface area (Å²) in [5.41, 5.74) is 12.6. The molecular formula is C9H15ClN2O. The van der Waals surface area contributed by atoms with E-state index in [1.165, 1.54) is 0 Å². The molecule has 1 aromatic carbocycles. The van der Waals surface area contributed by atoms with Crippen molar-refractivity contribution in [1.29, 1.82) is 0 Å². The van der Waals surface area contributed by atoms with Crippen LogP contribution < -0.4 is 11.5 Å². The van der Waals surface area contributed by atoms with Crippen LogP contribution >= 0.6 is 12.4 Å². The summed E-state index contributed by atoms with van der Waals surface area (Å²) in [5.74, 6) is 0.260. The number of rotatable bonds is 2. The Kier molecular flexibility index (Phi) is 4.77. The normalized spacial score (nSPS) is 11.9. The topological polar surface area (TPSA) is 72.3 Å². The summed E-state index contributed by atoms with van der Waals surface area (Å²) in [5, 5.41) is 9.56. The van der Waals surface area contributed by atoms with Crippen LogP contribution in [-0.4, -0.2) is 11.7 Å². The van der Waals surface area contributed by atoms with Gasteiger partial charge in [-0.15, -0.1) is 12.4 Å². The summed E-state index contributed by atoms with van der Waals surface area (Å²) in [6.45, 7) is 2.18. The lowest BCUT2D eigenvalue weighted by atomic mass is 10.0. The maximum absolute atomic E-state index is 9.56. The fourth-order valence-electron chi connectivity index (χ4n) is 1.11. The summed E-state index contributed by atoms with van der Waals surface area (Å²) in [4.78, 5) is 0. The summed E-state index contributed by atoms with van der Waals surface area (Å²) in [6.07, 6.45) is 0. The van der Waals surface area contributed by atoms with Crippen LogP contribution in [0, 0.1) is 6.92 Å². The number of benzene rings is 1. The maximum Gasteiger partial charge on any atom is 0.123 e. The van der Waals surface area contributed by atoms with E-state index in [1.54, 1.807) is 6.07 Å². The molecule has 0 saturated heterocycles. The predicted molar refractivity (Wildman–Crippen MR) is 56.1 cm³/mol. The minimum atomic E-state index is -0.273. The summed E-state index contributed by atoms with van der Waals surface area (Å²) >= 11 is 0. The number of aryl methyl sites for hydroxylation is 1. The molecule has 0 unspecified atom stereocenters. The van der Waals surface area contributed by atoms with E-state index in [9.17, 15) is 5.11 Å². The predicted octanol–water partition coefficient (Wildman–Crippen LogP) is 1.08. The number of hydrogen-bond donors (Lipinski definition) is 3. The highest BCUT2D eigenvalue weighted by Crippen LogP contribution is 2.25. The first-order valence-corrected chi connectivity index (χ1v) is 3.91. The van der Waals surface area contributed by atoms with Gasteiger partial charge in [0.05, 0.1) is 0 Å². The molecule has 0 bridgehead atoms. The van der Waals surface area contributed by atoms with E-state index in [0.717, 1.165) is 11.1 Å². The van der Waals surface area contributed by atoms with Gasteiger partial charge in [0.1, 0.15) is 5.75 Å². The van der Waals surface area contributed by atoms with E-state index in [2.05, 4.69) is 0 Å². The fraction of sp³-hybridized carbons (Fsp3) is 0.333. The zero-order valence-corrected chi connectivity index (χ0v) is 8.34. The lowest BCUT2D eigenvalue weighted by molar-refractivity contribution is 0.458. The molecule has 1 rings (SSSR count). The zero-order valence-electron chi connectivity index (χ0n) is 7.53. The van der Waals surface area contributed by atoms with Crippen molar-refractivity contribution in [3.63, 3.8) is 0 Å². The van der Waals surface area contributed by atoms with Gasteiger partial charge in [-0.05, 0) is 12.5 Å². The average Bonchev–Trinajstić information content (AvgIpc) is 2.08. The Balaban J connectivity index is 0.00000144. The second-order valence-corrected chi connectivity index (χ2v) is 2.85. The molecule has 0 aliphatic rings. The lowest BCUT2D eigenvalue weighted by Gasteiger charge is -2.12. The van der Waals surface area contributed by atoms with Crippen molar-refractivity contribution in [2.75, 3.05) is 6.54 Å². The van der Waals surface area contributed by atoms with E-state index < -0.39 is 0 Å².